The molecule has 0 aliphatic carbocycles. The number of rotatable bonds is 7. The Balaban J connectivity index is 1.49. The molecular weight excluding hydrogens is 549 g/mol. The summed E-state index contributed by atoms with van der Waals surface area (Å²) < 4.78 is 0.863. The van der Waals surface area contributed by atoms with Crippen molar-refractivity contribution < 1.29 is 9.59 Å². The Morgan fingerprint density at radius 3 is 2.42 bits per heavy atom. The fraction of sp³-hybridized carbons (Fsp3) is 0.462. The maximum Gasteiger partial charge on any atom is 0.251 e. The Hall–Kier alpha value is -1.64. The number of alkyl halides is 1. The van der Waals surface area contributed by atoms with Gasteiger partial charge in [-0.05, 0) is 87.5 Å². The molecule has 1 aliphatic heterocycles. The first-order valence-corrected chi connectivity index (χ1v) is 13.3. The van der Waals surface area contributed by atoms with E-state index < -0.39 is 0 Å². The molecule has 0 atom stereocenters. The second-order valence-corrected chi connectivity index (χ2v) is 10.9. The third-order valence-corrected chi connectivity index (χ3v) is 6.97. The Bertz CT molecular complexity index is 982. The third kappa shape index (κ3) is 7.97. The molecule has 2 aromatic rings. The van der Waals surface area contributed by atoms with Crippen LogP contribution in [0, 0.1) is 5.92 Å². The van der Waals surface area contributed by atoms with Crippen LogP contribution in [0.1, 0.15) is 49.5 Å². The first kappa shape index (κ1) is 26.0. The zero-order valence-corrected chi connectivity index (χ0v) is 22.5. The fourth-order valence-corrected chi connectivity index (χ4v) is 5.16. The van der Waals surface area contributed by atoms with Crippen molar-refractivity contribution in [3.8, 4) is 11.1 Å². The summed E-state index contributed by atoms with van der Waals surface area (Å²) in [6, 6.07) is 13.7. The lowest BCUT2D eigenvalue weighted by atomic mass is 9.96. The highest BCUT2D eigenvalue weighted by Crippen LogP contribution is 2.27. The molecule has 0 spiro atoms. The summed E-state index contributed by atoms with van der Waals surface area (Å²) in [5.74, 6) is 0.442. The molecular formula is C26H33ClIN3O2. The van der Waals surface area contributed by atoms with Gasteiger partial charge in [0.2, 0.25) is 5.91 Å². The van der Waals surface area contributed by atoms with Crippen LogP contribution in [-0.4, -0.2) is 48.4 Å². The zero-order chi connectivity index (χ0) is 24.0. The summed E-state index contributed by atoms with van der Waals surface area (Å²) in [6.07, 6.45) is 1.95. The van der Waals surface area contributed by atoms with Crippen LogP contribution in [0.5, 0.6) is 0 Å². The molecule has 2 amide bonds. The van der Waals surface area contributed by atoms with E-state index in [-0.39, 0.29) is 17.4 Å². The van der Waals surface area contributed by atoms with Gasteiger partial charge >= 0.3 is 0 Å². The number of nitrogens with zero attached hydrogens (tertiary/aromatic N) is 1. The molecule has 0 bridgehead atoms. The van der Waals surface area contributed by atoms with Gasteiger partial charge in [0.05, 0.1) is 6.54 Å². The molecule has 1 heterocycles. The lowest BCUT2D eigenvalue weighted by Gasteiger charge is -2.32. The van der Waals surface area contributed by atoms with Crippen molar-refractivity contribution in [1.82, 2.24) is 15.5 Å². The minimum Gasteiger partial charge on any atom is -0.352 e. The number of likely N-dealkylation sites (tertiary alicyclic amines) is 1. The van der Waals surface area contributed by atoms with Gasteiger partial charge < -0.3 is 10.6 Å². The van der Waals surface area contributed by atoms with Gasteiger partial charge in [0.1, 0.15) is 0 Å². The number of hydrogen-bond acceptors (Lipinski definition) is 3. The van der Waals surface area contributed by atoms with E-state index in [2.05, 4.69) is 38.1 Å². The Morgan fingerprint density at radius 1 is 1.09 bits per heavy atom. The second-order valence-electron chi connectivity index (χ2n) is 9.75. The maximum atomic E-state index is 12.8. The summed E-state index contributed by atoms with van der Waals surface area (Å²) >= 11 is 8.67. The molecule has 1 saturated heterocycles. The van der Waals surface area contributed by atoms with Gasteiger partial charge in [-0.15, -0.1) is 0 Å². The number of nitrogens with one attached hydrogen (secondary N) is 2. The number of piperidine rings is 1. The third-order valence-electron chi connectivity index (χ3n) is 5.80. The molecule has 2 aromatic carbocycles. The van der Waals surface area contributed by atoms with E-state index in [9.17, 15) is 9.59 Å². The van der Waals surface area contributed by atoms with Crippen LogP contribution in [0.25, 0.3) is 11.1 Å². The lowest BCUT2D eigenvalue weighted by molar-refractivity contribution is -0.124. The topological polar surface area (TPSA) is 61.4 Å². The standard InChI is InChI=1S/C26H33ClIN3O2/c1-26(2,3)30-24(32)17-31-11-9-18(10-12-31)16-29-25(33)21-6-4-5-19(13-21)20-7-8-22(15-28)23(27)14-20/h4-8,13-14,18H,9-12,15-17H2,1-3H3,(H,29,33)(H,30,32). The SMILES string of the molecule is CC(C)(C)NC(=O)CN1CCC(CNC(=O)c2cccc(-c3ccc(CI)c(Cl)c3)c2)CC1. The van der Waals surface area contributed by atoms with Crippen LogP contribution in [0.15, 0.2) is 42.5 Å². The van der Waals surface area contributed by atoms with Gasteiger partial charge in [0.15, 0.2) is 0 Å². The molecule has 33 heavy (non-hydrogen) atoms. The quantitative estimate of drug-likeness (QED) is 0.345. The van der Waals surface area contributed by atoms with E-state index in [0.29, 0.717) is 24.6 Å². The molecule has 7 heteroatoms. The predicted molar refractivity (Wildman–Crippen MR) is 144 cm³/mol. The second kappa shape index (κ2) is 11.7. The molecule has 3 rings (SSSR count). The summed E-state index contributed by atoms with van der Waals surface area (Å²) in [4.78, 5) is 27.1. The Labute approximate surface area is 215 Å². The van der Waals surface area contributed by atoms with Crippen molar-refractivity contribution in [2.24, 2.45) is 5.92 Å². The van der Waals surface area contributed by atoms with Crippen molar-refractivity contribution in [1.29, 1.82) is 0 Å². The zero-order valence-electron chi connectivity index (χ0n) is 19.6. The monoisotopic (exact) mass is 581 g/mol. The number of hydrogen-bond donors (Lipinski definition) is 2. The van der Waals surface area contributed by atoms with Crippen molar-refractivity contribution >= 4 is 46.0 Å². The van der Waals surface area contributed by atoms with Crippen LogP contribution in [0.4, 0.5) is 0 Å². The molecule has 1 fully saturated rings. The van der Waals surface area contributed by atoms with Crippen LogP contribution in [0.2, 0.25) is 5.02 Å². The molecule has 0 saturated carbocycles. The maximum absolute atomic E-state index is 12.8. The lowest BCUT2D eigenvalue weighted by Crippen LogP contribution is -2.48. The van der Waals surface area contributed by atoms with Gasteiger partial charge in [0, 0.05) is 27.1 Å². The number of halogens is 2. The van der Waals surface area contributed by atoms with Gasteiger partial charge in [-0.2, -0.15) is 0 Å². The van der Waals surface area contributed by atoms with E-state index in [4.69, 9.17) is 11.6 Å². The van der Waals surface area contributed by atoms with E-state index in [1.165, 1.54) is 0 Å². The van der Waals surface area contributed by atoms with Crippen molar-refractivity contribution in [3.63, 3.8) is 0 Å². The molecule has 0 unspecified atom stereocenters. The minimum atomic E-state index is -0.206. The molecule has 2 N–H and O–H groups in total. The van der Waals surface area contributed by atoms with Crippen molar-refractivity contribution in [2.75, 3.05) is 26.2 Å². The smallest absolute Gasteiger partial charge is 0.251 e. The van der Waals surface area contributed by atoms with Crippen molar-refractivity contribution in [3.05, 3.63) is 58.6 Å². The highest BCUT2D eigenvalue weighted by molar-refractivity contribution is 14.1. The van der Waals surface area contributed by atoms with E-state index in [0.717, 1.165) is 52.1 Å². The Morgan fingerprint density at radius 2 is 1.79 bits per heavy atom. The first-order valence-electron chi connectivity index (χ1n) is 11.4. The summed E-state index contributed by atoms with van der Waals surface area (Å²) in [5.41, 5.74) is 3.54. The van der Waals surface area contributed by atoms with Gasteiger partial charge in [-0.1, -0.05) is 58.5 Å². The van der Waals surface area contributed by atoms with Crippen LogP contribution in [-0.2, 0) is 9.22 Å². The fourth-order valence-electron chi connectivity index (χ4n) is 4.02. The number of carbonyl (C=O) groups excluding carboxylic acids is 2. The Kier molecular flexibility index (Phi) is 9.18. The van der Waals surface area contributed by atoms with E-state index >= 15 is 0 Å². The number of amides is 2. The van der Waals surface area contributed by atoms with Gasteiger partial charge in [-0.25, -0.2) is 0 Å². The molecule has 0 aromatic heterocycles. The highest BCUT2D eigenvalue weighted by Gasteiger charge is 2.23. The summed E-state index contributed by atoms with van der Waals surface area (Å²) in [5, 5.41) is 6.86. The number of carbonyl (C=O) groups is 2. The summed E-state index contributed by atoms with van der Waals surface area (Å²) in [6.45, 7) is 8.82. The van der Waals surface area contributed by atoms with Crippen LogP contribution in [0.3, 0.4) is 0 Å². The summed E-state index contributed by atoms with van der Waals surface area (Å²) in [7, 11) is 0. The van der Waals surface area contributed by atoms with Crippen LogP contribution >= 0.6 is 34.2 Å². The first-order chi connectivity index (χ1) is 15.6. The minimum absolute atomic E-state index is 0.0567. The number of benzene rings is 2. The van der Waals surface area contributed by atoms with E-state index in [1.54, 1.807) is 0 Å². The molecule has 5 nitrogen and oxygen atoms in total. The van der Waals surface area contributed by atoms with Crippen molar-refractivity contribution in [2.45, 2.75) is 43.6 Å². The normalized spacial score (nSPS) is 15.3. The average Bonchev–Trinajstić information content (AvgIpc) is 2.77. The van der Waals surface area contributed by atoms with E-state index in [1.807, 2.05) is 63.2 Å². The average molecular weight is 582 g/mol. The molecule has 178 valence electrons. The predicted octanol–water partition coefficient (Wildman–Crippen LogP) is 5.30. The molecule has 1 aliphatic rings. The van der Waals surface area contributed by atoms with Gasteiger partial charge in [-0.3, -0.25) is 14.5 Å². The largest absolute Gasteiger partial charge is 0.352 e. The van der Waals surface area contributed by atoms with Crippen LogP contribution < -0.4 is 10.6 Å². The molecule has 0 radical (unpaired) electrons. The highest BCUT2D eigenvalue weighted by atomic mass is 127. The van der Waals surface area contributed by atoms with Gasteiger partial charge in [0.25, 0.3) is 5.91 Å².